The molecule has 0 saturated carbocycles. The summed E-state index contributed by atoms with van der Waals surface area (Å²) in [7, 11) is -0.000441. The van der Waals surface area contributed by atoms with Crippen LogP contribution >= 0.6 is 0 Å². The Hall–Kier alpha value is -1.60. The predicted molar refractivity (Wildman–Crippen MR) is 77.7 cm³/mol. The number of hydrogen-bond acceptors (Lipinski definition) is 4. The number of benzene rings is 1. The molecular formula is C13H20N2O4S. The Labute approximate surface area is 119 Å². The van der Waals surface area contributed by atoms with Gasteiger partial charge in [-0.15, -0.1) is 0 Å². The van der Waals surface area contributed by atoms with Crippen LogP contribution in [0.1, 0.15) is 6.42 Å². The number of rotatable bonds is 6. The fourth-order valence-electron chi connectivity index (χ4n) is 1.57. The summed E-state index contributed by atoms with van der Waals surface area (Å²) in [5.41, 5.74) is 0.455. The first-order chi connectivity index (χ1) is 9.34. The molecule has 20 heavy (non-hydrogen) atoms. The molecule has 0 aliphatic rings. The van der Waals surface area contributed by atoms with Crippen LogP contribution in [0.5, 0.6) is 0 Å². The number of sulfone groups is 1. The van der Waals surface area contributed by atoms with Crippen LogP contribution in [0.3, 0.4) is 0 Å². The lowest BCUT2D eigenvalue weighted by molar-refractivity contribution is 0.179. The standard InChI is InChI=1S/C13H20N2O4S/c1-15(8-5-9-19-2)13(16)14-11-6-4-7-12(10-11)20(3,17)18/h4,6-7,10H,5,8-9H2,1-3H3,(H,14,16). The first kappa shape index (κ1) is 16.5. The number of amides is 2. The Morgan fingerprint density at radius 1 is 1.40 bits per heavy atom. The van der Waals surface area contributed by atoms with E-state index in [1.165, 1.54) is 17.0 Å². The summed E-state index contributed by atoms with van der Waals surface area (Å²) in [6, 6.07) is 5.89. The van der Waals surface area contributed by atoms with Crippen LogP contribution in [-0.2, 0) is 14.6 Å². The normalized spacial score (nSPS) is 11.2. The first-order valence-electron chi connectivity index (χ1n) is 6.16. The molecule has 0 aromatic heterocycles. The maximum Gasteiger partial charge on any atom is 0.321 e. The van der Waals surface area contributed by atoms with Crippen molar-refractivity contribution in [2.45, 2.75) is 11.3 Å². The van der Waals surface area contributed by atoms with E-state index in [-0.39, 0.29) is 10.9 Å². The first-order valence-corrected chi connectivity index (χ1v) is 8.05. The number of methoxy groups -OCH3 is 1. The van der Waals surface area contributed by atoms with Gasteiger partial charge in [0.1, 0.15) is 0 Å². The minimum atomic E-state index is -3.28. The molecule has 0 heterocycles. The molecule has 1 aromatic rings. The van der Waals surface area contributed by atoms with Gasteiger partial charge in [0.05, 0.1) is 4.90 Å². The van der Waals surface area contributed by atoms with E-state index in [2.05, 4.69) is 5.32 Å². The van der Waals surface area contributed by atoms with Crippen LogP contribution in [-0.4, -0.2) is 52.9 Å². The molecule has 0 atom stereocenters. The van der Waals surface area contributed by atoms with Crippen molar-refractivity contribution in [3.63, 3.8) is 0 Å². The average Bonchev–Trinajstić information content (AvgIpc) is 2.38. The van der Waals surface area contributed by atoms with Crippen LogP contribution < -0.4 is 5.32 Å². The molecule has 7 heteroatoms. The molecule has 1 rings (SSSR count). The van der Waals surface area contributed by atoms with E-state index >= 15 is 0 Å². The lowest BCUT2D eigenvalue weighted by Crippen LogP contribution is -2.32. The van der Waals surface area contributed by atoms with E-state index in [1.54, 1.807) is 26.3 Å². The minimum absolute atomic E-state index is 0.178. The van der Waals surface area contributed by atoms with Gasteiger partial charge >= 0.3 is 6.03 Å². The third kappa shape index (κ3) is 5.18. The third-order valence-electron chi connectivity index (χ3n) is 2.70. The molecule has 0 aliphatic heterocycles. The largest absolute Gasteiger partial charge is 0.385 e. The highest BCUT2D eigenvalue weighted by atomic mass is 32.2. The highest BCUT2D eigenvalue weighted by molar-refractivity contribution is 7.90. The van der Waals surface area contributed by atoms with Crippen LogP contribution in [0, 0.1) is 0 Å². The number of anilines is 1. The summed E-state index contributed by atoms with van der Waals surface area (Å²) >= 11 is 0. The molecule has 0 radical (unpaired) electrons. The van der Waals surface area contributed by atoms with E-state index in [1.807, 2.05) is 0 Å². The van der Waals surface area contributed by atoms with Crippen LogP contribution in [0.2, 0.25) is 0 Å². The van der Waals surface area contributed by atoms with Crippen molar-refractivity contribution in [2.75, 3.05) is 38.9 Å². The number of nitrogens with zero attached hydrogens (tertiary/aromatic N) is 1. The fourth-order valence-corrected chi connectivity index (χ4v) is 2.24. The zero-order valence-corrected chi connectivity index (χ0v) is 12.7. The van der Waals surface area contributed by atoms with Crippen LogP contribution in [0.25, 0.3) is 0 Å². The highest BCUT2D eigenvalue weighted by Crippen LogP contribution is 2.15. The quantitative estimate of drug-likeness (QED) is 0.810. The van der Waals surface area contributed by atoms with Gasteiger partial charge in [-0.25, -0.2) is 13.2 Å². The summed E-state index contributed by atoms with van der Waals surface area (Å²) in [5, 5.41) is 2.66. The summed E-state index contributed by atoms with van der Waals surface area (Å²) in [4.78, 5) is 13.6. The molecule has 0 spiro atoms. The maximum absolute atomic E-state index is 11.9. The van der Waals surface area contributed by atoms with Crippen molar-refractivity contribution in [3.05, 3.63) is 24.3 Å². The summed E-state index contributed by atoms with van der Waals surface area (Å²) < 4.78 is 27.8. The summed E-state index contributed by atoms with van der Waals surface area (Å²) in [5.74, 6) is 0. The molecule has 1 N–H and O–H groups in total. The average molecular weight is 300 g/mol. The van der Waals surface area contributed by atoms with Gasteiger partial charge in [-0.3, -0.25) is 0 Å². The molecule has 2 amide bonds. The Morgan fingerprint density at radius 2 is 2.10 bits per heavy atom. The fraction of sp³-hybridized carbons (Fsp3) is 0.462. The molecule has 0 bridgehead atoms. The lowest BCUT2D eigenvalue weighted by Gasteiger charge is -2.17. The SMILES string of the molecule is COCCCN(C)C(=O)Nc1cccc(S(C)(=O)=O)c1. The van der Waals surface area contributed by atoms with Crippen LogP contribution in [0.4, 0.5) is 10.5 Å². The second-order valence-corrected chi connectivity index (χ2v) is 6.51. The van der Waals surface area contributed by atoms with Crippen molar-refractivity contribution < 1.29 is 17.9 Å². The summed E-state index contributed by atoms with van der Waals surface area (Å²) in [6.07, 6.45) is 1.87. The maximum atomic E-state index is 11.9. The topological polar surface area (TPSA) is 75.7 Å². The van der Waals surface area contributed by atoms with E-state index < -0.39 is 9.84 Å². The van der Waals surface area contributed by atoms with Gasteiger partial charge in [0.25, 0.3) is 0 Å². The Morgan fingerprint density at radius 3 is 2.70 bits per heavy atom. The second kappa shape index (κ2) is 7.25. The molecule has 112 valence electrons. The number of nitrogens with one attached hydrogen (secondary N) is 1. The van der Waals surface area contributed by atoms with E-state index in [9.17, 15) is 13.2 Å². The van der Waals surface area contributed by atoms with Gasteiger partial charge < -0.3 is 15.0 Å². The highest BCUT2D eigenvalue weighted by Gasteiger charge is 2.11. The van der Waals surface area contributed by atoms with Gasteiger partial charge in [0, 0.05) is 39.3 Å². The Bertz CT molecular complexity index is 557. The number of urea groups is 1. The molecule has 0 saturated heterocycles. The number of ether oxygens (including phenoxy) is 1. The molecule has 0 unspecified atom stereocenters. The van der Waals surface area contributed by atoms with Crippen molar-refractivity contribution in [1.82, 2.24) is 4.90 Å². The zero-order valence-electron chi connectivity index (χ0n) is 11.9. The Kier molecular flexibility index (Phi) is 5.97. The number of hydrogen-bond donors (Lipinski definition) is 1. The molecule has 0 fully saturated rings. The molecule has 6 nitrogen and oxygen atoms in total. The van der Waals surface area contributed by atoms with Crippen molar-refractivity contribution in [2.24, 2.45) is 0 Å². The van der Waals surface area contributed by atoms with E-state index in [0.29, 0.717) is 18.8 Å². The van der Waals surface area contributed by atoms with Gasteiger partial charge in [0.15, 0.2) is 9.84 Å². The monoisotopic (exact) mass is 300 g/mol. The molecule has 0 aliphatic carbocycles. The Balaban J connectivity index is 2.66. The van der Waals surface area contributed by atoms with Gasteiger partial charge in [-0.05, 0) is 24.6 Å². The van der Waals surface area contributed by atoms with Gasteiger partial charge in [0.2, 0.25) is 0 Å². The lowest BCUT2D eigenvalue weighted by atomic mass is 10.3. The third-order valence-corrected chi connectivity index (χ3v) is 3.81. The van der Waals surface area contributed by atoms with Gasteiger partial charge in [-0.2, -0.15) is 0 Å². The van der Waals surface area contributed by atoms with E-state index in [4.69, 9.17) is 4.74 Å². The minimum Gasteiger partial charge on any atom is -0.385 e. The van der Waals surface area contributed by atoms with Gasteiger partial charge in [-0.1, -0.05) is 6.07 Å². The van der Waals surface area contributed by atoms with Crippen LogP contribution in [0.15, 0.2) is 29.2 Å². The van der Waals surface area contributed by atoms with Crippen molar-refractivity contribution >= 4 is 21.6 Å². The summed E-state index contributed by atoms with van der Waals surface area (Å²) in [6.45, 7) is 1.15. The van der Waals surface area contributed by atoms with Crippen molar-refractivity contribution in [1.29, 1.82) is 0 Å². The predicted octanol–water partition coefficient (Wildman–Crippen LogP) is 1.59. The van der Waals surface area contributed by atoms with E-state index in [0.717, 1.165) is 12.7 Å². The van der Waals surface area contributed by atoms with Crippen molar-refractivity contribution in [3.8, 4) is 0 Å². The smallest absolute Gasteiger partial charge is 0.321 e. The number of carbonyl (C=O) groups is 1. The number of carbonyl (C=O) groups excluding carboxylic acids is 1. The zero-order chi connectivity index (χ0) is 15.2. The molecule has 1 aromatic carbocycles. The second-order valence-electron chi connectivity index (χ2n) is 4.50. The molecular weight excluding hydrogens is 280 g/mol.